The first-order chi connectivity index (χ1) is 7.27. The third-order valence-electron chi connectivity index (χ3n) is 2.74. The van der Waals surface area contributed by atoms with Crippen molar-refractivity contribution in [2.45, 2.75) is 38.1 Å². The summed E-state index contributed by atoms with van der Waals surface area (Å²) >= 11 is 5.84. The first-order valence-corrected chi connectivity index (χ1v) is 5.65. The number of anilines is 1. The summed E-state index contributed by atoms with van der Waals surface area (Å²) in [6.45, 7) is 0. The van der Waals surface area contributed by atoms with E-state index >= 15 is 0 Å². The van der Waals surface area contributed by atoms with Gasteiger partial charge in [-0.2, -0.15) is 0 Å². The molecule has 15 heavy (non-hydrogen) atoms. The highest BCUT2D eigenvalue weighted by Crippen LogP contribution is 2.22. The van der Waals surface area contributed by atoms with E-state index in [1.807, 2.05) is 0 Å². The van der Waals surface area contributed by atoms with Crippen LogP contribution in [0.2, 0.25) is 5.02 Å². The van der Waals surface area contributed by atoms with Gasteiger partial charge in [-0.1, -0.05) is 30.9 Å². The fourth-order valence-electron chi connectivity index (χ4n) is 1.92. The molecule has 0 amide bonds. The van der Waals surface area contributed by atoms with Crippen LogP contribution in [0.15, 0.2) is 11.1 Å². The Bertz CT molecular complexity index is 384. The molecule has 0 aromatic carbocycles. The summed E-state index contributed by atoms with van der Waals surface area (Å²) in [5.74, 6) is 0.507. The molecule has 1 aromatic heterocycles. The maximum absolute atomic E-state index is 11.2. The minimum atomic E-state index is -0.287. The molecular formula is C10H14ClN3O. The van der Waals surface area contributed by atoms with Gasteiger partial charge in [-0.15, -0.1) is 0 Å². The zero-order valence-electron chi connectivity index (χ0n) is 8.42. The highest BCUT2D eigenvalue weighted by atomic mass is 35.5. The maximum atomic E-state index is 11.2. The number of rotatable bonds is 2. The van der Waals surface area contributed by atoms with Gasteiger partial charge in [-0.25, -0.2) is 4.98 Å². The molecular weight excluding hydrogens is 214 g/mol. The average molecular weight is 228 g/mol. The quantitative estimate of drug-likeness (QED) is 0.814. The lowest BCUT2D eigenvalue weighted by molar-refractivity contribution is 0.462. The minimum Gasteiger partial charge on any atom is -0.366 e. The number of halogens is 1. The summed E-state index contributed by atoms with van der Waals surface area (Å²) in [7, 11) is 0. The zero-order chi connectivity index (χ0) is 10.7. The fourth-order valence-corrected chi connectivity index (χ4v) is 2.08. The van der Waals surface area contributed by atoms with E-state index in [1.54, 1.807) is 0 Å². The third-order valence-corrected chi connectivity index (χ3v) is 3.09. The number of aromatic nitrogens is 2. The van der Waals surface area contributed by atoms with Gasteiger partial charge >= 0.3 is 0 Å². The van der Waals surface area contributed by atoms with E-state index in [1.165, 1.54) is 25.6 Å². The first-order valence-electron chi connectivity index (χ1n) is 5.27. The van der Waals surface area contributed by atoms with Gasteiger partial charge in [0.25, 0.3) is 5.56 Å². The Kier molecular flexibility index (Phi) is 3.26. The topological polar surface area (TPSA) is 57.8 Å². The Morgan fingerprint density at radius 2 is 2.13 bits per heavy atom. The molecule has 1 aliphatic rings. The van der Waals surface area contributed by atoms with E-state index in [0.29, 0.717) is 11.9 Å². The largest absolute Gasteiger partial charge is 0.366 e. The molecule has 1 fully saturated rings. The molecule has 1 saturated carbocycles. The molecule has 0 radical (unpaired) electrons. The van der Waals surface area contributed by atoms with Crippen LogP contribution >= 0.6 is 11.6 Å². The summed E-state index contributed by atoms with van der Waals surface area (Å²) in [5.41, 5.74) is -0.287. The summed E-state index contributed by atoms with van der Waals surface area (Å²) in [5, 5.41) is 3.38. The van der Waals surface area contributed by atoms with Crippen LogP contribution in [0.5, 0.6) is 0 Å². The van der Waals surface area contributed by atoms with E-state index < -0.39 is 0 Å². The molecule has 2 N–H and O–H groups in total. The molecule has 2 rings (SSSR count). The van der Waals surface area contributed by atoms with Crippen molar-refractivity contribution in [1.29, 1.82) is 0 Å². The van der Waals surface area contributed by atoms with Crippen LogP contribution in [0.1, 0.15) is 32.1 Å². The van der Waals surface area contributed by atoms with Crippen molar-refractivity contribution in [1.82, 2.24) is 9.97 Å². The summed E-state index contributed by atoms with van der Waals surface area (Å²) in [4.78, 5) is 17.7. The van der Waals surface area contributed by atoms with Crippen LogP contribution in [-0.4, -0.2) is 16.0 Å². The van der Waals surface area contributed by atoms with E-state index in [9.17, 15) is 4.79 Å². The Hall–Kier alpha value is -1.03. The Morgan fingerprint density at radius 3 is 2.87 bits per heavy atom. The molecule has 0 aliphatic heterocycles. The van der Waals surface area contributed by atoms with Crippen LogP contribution in [-0.2, 0) is 0 Å². The zero-order valence-corrected chi connectivity index (χ0v) is 9.18. The lowest BCUT2D eigenvalue weighted by Gasteiger charge is -2.23. The lowest BCUT2D eigenvalue weighted by atomic mass is 9.95. The second-order valence-corrected chi connectivity index (χ2v) is 4.25. The van der Waals surface area contributed by atoms with Crippen molar-refractivity contribution in [2.24, 2.45) is 0 Å². The molecule has 1 aromatic rings. The van der Waals surface area contributed by atoms with Crippen molar-refractivity contribution >= 4 is 17.4 Å². The van der Waals surface area contributed by atoms with Gasteiger partial charge in [0.1, 0.15) is 5.02 Å². The second-order valence-electron chi connectivity index (χ2n) is 3.87. The Balaban J connectivity index is 2.09. The Morgan fingerprint density at radius 1 is 1.40 bits per heavy atom. The fraction of sp³-hybridized carbons (Fsp3) is 0.600. The minimum absolute atomic E-state index is 0.156. The predicted molar refractivity (Wildman–Crippen MR) is 60.4 cm³/mol. The van der Waals surface area contributed by atoms with Gasteiger partial charge in [0.15, 0.2) is 5.82 Å². The molecule has 0 atom stereocenters. The number of hydrogen-bond donors (Lipinski definition) is 2. The molecule has 4 nitrogen and oxygen atoms in total. The predicted octanol–water partition coefficient (Wildman–Crippen LogP) is 2.17. The van der Waals surface area contributed by atoms with Gasteiger partial charge in [-0.3, -0.25) is 4.79 Å². The number of hydrogen-bond acceptors (Lipinski definition) is 3. The van der Waals surface area contributed by atoms with Crippen molar-refractivity contribution < 1.29 is 0 Å². The summed E-state index contributed by atoms with van der Waals surface area (Å²) < 4.78 is 0. The summed E-state index contributed by atoms with van der Waals surface area (Å²) in [6.07, 6.45) is 7.40. The lowest BCUT2D eigenvalue weighted by Crippen LogP contribution is -2.24. The SMILES string of the molecule is O=c1[nH]cnc(NC2CCCCC2)c1Cl. The Labute approximate surface area is 93.1 Å². The van der Waals surface area contributed by atoms with Crippen molar-refractivity contribution in [3.8, 4) is 0 Å². The van der Waals surface area contributed by atoms with Crippen LogP contribution < -0.4 is 10.9 Å². The van der Waals surface area contributed by atoms with Crippen molar-refractivity contribution in [3.05, 3.63) is 21.7 Å². The smallest absolute Gasteiger partial charge is 0.271 e. The van der Waals surface area contributed by atoms with Crippen LogP contribution in [0.25, 0.3) is 0 Å². The second kappa shape index (κ2) is 4.66. The molecule has 0 unspecified atom stereocenters. The standard InChI is InChI=1S/C10H14ClN3O/c11-8-9(12-6-13-10(8)15)14-7-4-2-1-3-5-7/h6-7H,1-5H2,(H2,12,13,14,15). The number of H-pyrrole nitrogens is 1. The normalized spacial score (nSPS) is 17.7. The maximum Gasteiger partial charge on any atom is 0.271 e. The van der Waals surface area contributed by atoms with Crippen molar-refractivity contribution in [3.63, 3.8) is 0 Å². The molecule has 82 valence electrons. The van der Waals surface area contributed by atoms with Gasteiger partial charge in [-0.05, 0) is 12.8 Å². The van der Waals surface area contributed by atoms with E-state index in [4.69, 9.17) is 11.6 Å². The van der Waals surface area contributed by atoms with Crippen molar-refractivity contribution in [2.75, 3.05) is 5.32 Å². The van der Waals surface area contributed by atoms with Gasteiger partial charge < -0.3 is 10.3 Å². The van der Waals surface area contributed by atoms with E-state index in [0.717, 1.165) is 12.8 Å². The molecule has 5 heteroatoms. The highest BCUT2D eigenvalue weighted by molar-refractivity contribution is 6.32. The van der Waals surface area contributed by atoms with Gasteiger partial charge in [0, 0.05) is 6.04 Å². The molecule has 0 bridgehead atoms. The number of nitrogens with zero attached hydrogens (tertiary/aromatic N) is 1. The van der Waals surface area contributed by atoms with Crippen LogP contribution in [0, 0.1) is 0 Å². The highest BCUT2D eigenvalue weighted by Gasteiger charge is 2.15. The van der Waals surface area contributed by atoms with Gasteiger partial charge in [0.2, 0.25) is 0 Å². The third kappa shape index (κ3) is 2.50. The van der Waals surface area contributed by atoms with E-state index in [2.05, 4.69) is 15.3 Å². The number of aromatic amines is 1. The molecule has 1 heterocycles. The van der Waals surface area contributed by atoms with Crippen LogP contribution in [0.3, 0.4) is 0 Å². The molecule has 0 saturated heterocycles. The van der Waals surface area contributed by atoms with Gasteiger partial charge in [0.05, 0.1) is 6.33 Å². The number of nitrogens with one attached hydrogen (secondary N) is 2. The summed E-state index contributed by atoms with van der Waals surface area (Å²) in [6, 6.07) is 0.408. The van der Waals surface area contributed by atoms with E-state index in [-0.39, 0.29) is 10.6 Å². The first kappa shape index (κ1) is 10.5. The molecule has 0 spiro atoms. The average Bonchev–Trinajstić information content (AvgIpc) is 2.26. The van der Waals surface area contributed by atoms with Crippen LogP contribution in [0.4, 0.5) is 5.82 Å². The molecule has 1 aliphatic carbocycles. The monoisotopic (exact) mass is 227 g/mol.